The fourth-order valence-corrected chi connectivity index (χ4v) is 4.50. The van der Waals surface area contributed by atoms with Crippen molar-refractivity contribution in [2.75, 3.05) is 45.8 Å². The van der Waals surface area contributed by atoms with Gasteiger partial charge in [-0.1, -0.05) is 13.8 Å². The molecule has 158 valence electrons. The van der Waals surface area contributed by atoms with E-state index >= 15 is 0 Å². The Bertz CT molecular complexity index is 441. The van der Waals surface area contributed by atoms with Gasteiger partial charge in [-0.05, 0) is 46.2 Å². The van der Waals surface area contributed by atoms with Gasteiger partial charge in [-0.15, -0.1) is 0 Å². The van der Waals surface area contributed by atoms with Crippen LogP contribution in [0.2, 0.25) is 0 Å². The second kappa shape index (κ2) is 10.7. The average Bonchev–Trinajstić information content (AvgIpc) is 2.66. The molecule has 2 heterocycles. The third kappa shape index (κ3) is 6.70. The van der Waals surface area contributed by atoms with Gasteiger partial charge in [-0.2, -0.15) is 0 Å². The molecule has 6 heteroatoms. The molecule has 0 aliphatic carbocycles. The first-order valence-corrected chi connectivity index (χ1v) is 11.1. The van der Waals surface area contributed by atoms with Crippen molar-refractivity contribution in [2.24, 2.45) is 0 Å². The minimum absolute atomic E-state index is 0.169. The summed E-state index contributed by atoms with van der Waals surface area (Å²) in [4.78, 5) is 19.3. The first-order valence-electron chi connectivity index (χ1n) is 11.1. The van der Waals surface area contributed by atoms with Crippen LogP contribution in [-0.2, 0) is 4.79 Å². The van der Waals surface area contributed by atoms with Crippen LogP contribution >= 0.6 is 0 Å². The molecule has 0 bridgehead atoms. The molecule has 6 nitrogen and oxygen atoms in total. The highest BCUT2D eigenvalue weighted by atomic mass is 16.3. The average molecular weight is 383 g/mol. The SMILES string of the molecule is CCN1CCC(NC(=O)CCCN(CC)C2(O)CCN(C(C)C)CC2)CC1. The zero-order valence-electron chi connectivity index (χ0n) is 18.0. The predicted octanol–water partition coefficient (Wildman–Crippen LogP) is 1.88. The second-order valence-corrected chi connectivity index (χ2v) is 8.57. The van der Waals surface area contributed by atoms with Gasteiger partial charge < -0.3 is 20.2 Å². The van der Waals surface area contributed by atoms with Gasteiger partial charge in [0.1, 0.15) is 5.72 Å². The molecule has 2 N–H and O–H groups in total. The Morgan fingerprint density at radius 2 is 1.81 bits per heavy atom. The van der Waals surface area contributed by atoms with Crippen molar-refractivity contribution in [1.29, 1.82) is 0 Å². The topological polar surface area (TPSA) is 59.1 Å². The molecule has 0 aromatic carbocycles. The standard InChI is InChI=1S/C21H42N4O2/c1-5-23-14-9-19(10-15-23)22-20(26)8-7-13-25(6-2)21(27)11-16-24(17-12-21)18(3)4/h18-19,27H,5-17H2,1-4H3,(H,22,26). The van der Waals surface area contributed by atoms with E-state index < -0.39 is 5.72 Å². The summed E-state index contributed by atoms with van der Waals surface area (Å²) >= 11 is 0. The van der Waals surface area contributed by atoms with Crippen molar-refractivity contribution in [1.82, 2.24) is 20.0 Å². The number of nitrogens with one attached hydrogen (secondary N) is 1. The Kier molecular flexibility index (Phi) is 8.99. The van der Waals surface area contributed by atoms with Gasteiger partial charge in [-0.25, -0.2) is 0 Å². The number of amides is 1. The molecule has 2 aliphatic heterocycles. The summed E-state index contributed by atoms with van der Waals surface area (Å²) in [5.74, 6) is 0.169. The molecule has 1 amide bonds. The number of piperidine rings is 2. The molecule has 2 fully saturated rings. The van der Waals surface area contributed by atoms with Crippen molar-refractivity contribution >= 4 is 5.91 Å². The molecule has 0 spiro atoms. The third-order valence-corrected chi connectivity index (χ3v) is 6.53. The smallest absolute Gasteiger partial charge is 0.220 e. The van der Waals surface area contributed by atoms with Crippen molar-refractivity contribution < 1.29 is 9.90 Å². The molecule has 0 atom stereocenters. The fourth-order valence-electron chi connectivity index (χ4n) is 4.50. The number of hydrogen-bond acceptors (Lipinski definition) is 5. The van der Waals surface area contributed by atoms with Crippen LogP contribution in [0.5, 0.6) is 0 Å². The molecule has 0 radical (unpaired) electrons. The van der Waals surface area contributed by atoms with E-state index in [1.54, 1.807) is 0 Å². The summed E-state index contributed by atoms with van der Waals surface area (Å²) in [5.41, 5.74) is -0.705. The molecule has 0 unspecified atom stereocenters. The lowest BCUT2D eigenvalue weighted by Gasteiger charge is -2.46. The maximum absolute atomic E-state index is 12.3. The minimum Gasteiger partial charge on any atom is -0.376 e. The maximum atomic E-state index is 12.3. The van der Waals surface area contributed by atoms with Crippen molar-refractivity contribution in [3.05, 3.63) is 0 Å². The first kappa shape index (κ1) is 22.6. The lowest BCUT2D eigenvalue weighted by atomic mass is 9.97. The number of likely N-dealkylation sites (tertiary alicyclic amines) is 2. The summed E-state index contributed by atoms with van der Waals surface area (Å²) in [5, 5.41) is 14.3. The van der Waals surface area contributed by atoms with Crippen LogP contribution in [0.25, 0.3) is 0 Å². The van der Waals surface area contributed by atoms with E-state index in [-0.39, 0.29) is 5.91 Å². The first-order chi connectivity index (χ1) is 12.9. The van der Waals surface area contributed by atoms with Gasteiger partial charge in [0.25, 0.3) is 0 Å². The van der Waals surface area contributed by atoms with E-state index in [2.05, 4.69) is 47.7 Å². The quantitative estimate of drug-likeness (QED) is 0.596. The summed E-state index contributed by atoms with van der Waals surface area (Å²) in [6.45, 7) is 15.5. The summed E-state index contributed by atoms with van der Waals surface area (Å²) in [6, 6.07) is 0.879. The number of hydrogen-bond donors (Lipinski definition) is 2. The lowest BCUT2D eigenvalue weighted by Crippen LogP contribution is -2.56. The molecule has 0 aromatic heterocycles. The zero-order chi connectivity index (χ0) is 19.9. The van der Waals surface area contributed by atoms with Crippen molar-refractivity contribution in [3.8, 4) is 0 Å². The van der Waals surface area contributed by atoms with Gasteiger partial charge >= 0.3 is 0 Å². The van der Waals surface area contributed by atoms with Crippen LogP contribution in [0.1, 0.15) is 66.2 Å². The fraction of sp³-hybridized carbons (Fsp3) is 0.952. The van der Waals surface area contributed by atoms with Crippen molar-refractivity contribution in [3.63, 3.8) is 0 Å². The van der Waals surface area contributed by atoms with Gasteiger partial charge in [0.05, 0.1) is 0 Å². The highest BCUT2D eigenvalue weighted by molar-refractivity contribution is 5.76. The van der Waals surface area contributed by atoms with Crippen molar-refractivity contribution in [2.45, 2.75) is 84.0 Å². The van der Waals surface area contributed by atoms with Gasteiger partial charge in [0, 0.05) is 64.1 Å². The van der Waals surface area contributed by atoms with Gasteiger partial charge in [0.2, 0.25) is 5.91 Å². The predicted molar refractivity (Wildman–Crippen MR) is 111 cm³/mol. The molecule has 0 aromatic rings. The number of carbonyl (C=O) groups excluding carboxylic acids is 1. The highest BCUT2D eigenvalue weighted by Gasteiger charge is 2.37. The molecule has 2 rings (SSSR count). The van der Waals surface area contributed by atoms with Crippen LogP contribution in [0.3, 0.4) is 0 Å². The number of nitrogens with zero attached hydrogens (tertiary/aromatic N) is 3. The number of carbonyl (C=O) groups is 1. The molecule has 27 heavy (non-hydrogen) atoms. The van der Waals surface area contributed by atoms with Crippen LogP contribution < -0.4 is 5.32 Å². The van der Waals surface area contributed by atoms with E-state index in [1.165, 1.54) is 0 Å². The largest absolute Gasteiger partial charge is 0.376 e. The Labute approximate surface area is 166 Å². The molecular formula is C21H42N4O2. The second-order valence-electron chi connectivity index (χ2n) is 8.57. The van der Waals surface area contributed by atoms with Gasteiger partial charge in [-0.3, -0.25) is 9.69 Å². The minimum atomic E-state index is -0.705. The lowest BCUT2D eigenvalue weighted by molar-refractivity contribution is -0.144. The van der Waals surface area contributed by atoms with E-state index in [0.717, 1.165) is 77.9 Å². The van der Waals surface area contributed by atoms with Crippen LogP contribution in [-0.4, -0.2) is 89.3 Å². The Morgan fingerprint density at radius 1 is 1.19 bits per heavy atom. The monoisotopic (exact) mass is 382 g/mol. The van der Waals surface area contributed by atoms with Crippen LogP contribution in [0, 0.1) is 0 Å². The number of aliphatic hydroxyl groups is 1. The van der Waals surface area contributed by atoms with E-state index in [9.17, 15) is 9.90 Å². The normalized spacial score (nSPS) is 22.5. The van der Waals surface area contributed by atoms with Gasteiger partial charge in [0.15, 0.2) is 0 Å². The zero-order valence-corrected chi connectivity index (χ0v) is 18.0. The Hall–Kier alpha value is -0.690. The van der Waals surface area contributed by atoms with Crippen LogP contribution in [0.4, 0.5) is 0 Å². The Morgan fingerprint density at radius 3 is 2.33 bits per heavy atom. The molecule has 2 aliphatic rings. The Balaban J connectivity index is 1.69. The maximum Gasteiger partial charge on any atom is 0.220 e. The molecule has 0 saturated carbocycles. The summed E-state index contributed by atoms with van der Waals surface area (Å²) < 4.78 is 0. The third-order valence-electron chi connectivity index (χ3n) is 6.53. The highest BCUT2D eigenvalue weighted by Crippen LogP contribution is 2.27. The summed E-state index contributed by atoms with van der Waals surface area (Å²) in [7, 11) is 0. The van der Waals surface area contributed by atoms with E-state index in [4.69, 9.17) is 0 Å². The molecule has 2 saturated heterocycles. The summed E-state index contributed by atoms with van der Waals surface area (Å²) in [6.07, 6.45) is 5.07. The number of rotatable bonds is 9. The van der Waals surface area contributed by atoms with E-state index in [0.29, 0.717) is 18.5 Å². The van der Waals surface area contributed by atoms with E-state index in [1.807, 2.05) is 0 Å². The molecular weight excluding hydrogens is 340 g/mol. The van der Waals surface area contributed by atoms with Crippen LogP contribution in [0.15, 0.2) is 0 Å².